The highest BCUT2D eigenvalue weighted by atomic mass is 32.2. The van der Waals surface area contributed by atoms with Gasteiger partial charge in [-0.3, -0.25) is 9.59 Å². The number of fused-ring (bicyclic) bond motifs is 1. The van der Waals surface area contributed by atoms with E-state index in [1.807, 2.05) is 24.4 Å². The monoisotopic (exact) mass is 412 g/mol. The zero-order valence-corrected chi connectivity index (χ0v) is 17.0. The van der Waals surface area contributed by atoms with Crippen molar-refractivity contribution in [2.24, 2.45) is 11.7 Å². The summed E-state index contributed by atoms with van der Waals surface area (Å²) in [5.41, 5.74) is 10.3. The SMILES string of the molecule is CC1=C(C(N)=O)SC(C2CC2)N1c1nc(-c2cccc3c2NC(=O)CC3)cs1. The van der Waals surface area contributed by atoms with Crippen molar-refractivity contribution in [2.75, 3.05) is 10.2 Å². The number of carbonyl (C=O) groups is 2. The van der Waals surface area contributed by atoms with E-state index in [1.165, 1.54) is 12.8 Å². The molecule has 1 unspecified atom stereocenters. The summed E-state index contributed by atoms with van der Waals surface area (Å²) in [6.07, 6.45) is 3.61. The van der Waals surface area contributed by atoms with Crippen LogP contribution in [0.4, 0.5) is 10.8 Å². The Morgan fingerprint density at radius 3 is 2.89 bits per heavy atom. The van der Waals surface area contributed by atoms with Crippen LogP contribution >= 0.6 is 23.1 Å². The van der Waals surface area contributed by atoms with Crippen LogP contribution in [0.3, 0.4) is 0 Å². The summed E-state index contributed by atoms with van der Waals surface area (Å²) in [5, 5.41) is 6.09. The maximum atomic E-state index is 11.9. The fourth-order valence-electron chi connectivity index (χ4n) is 3.85. The highest BCUT2D eigenvalue weighted by Crippen LogP contribution is 2.51. The van der Waals surface area contributed by atoms with Gasteiger partial charge in [0.05, 0.1) is 21.7 Å². The Labute approximate surface area is 171 Å². The minimum Gasteiger partial charge on any atom is -0.365 e. The first-order valence-corrected chi connectivity index (χ1v) is 11.1. The lowest BCUT2D eigenvalue weighted by atomic mass is 9.98. The summed E-state index contributed by atoms with van der Waals surface area (Å²) in [6.45, 7) is 1.95. The van der Waals surface area contributed by atoms with Crippen LogP contribution < -0.4 is 16.0 Å². The van der Waals surface area contributed by atoms with E-state index in [0.29, 0.717) is 17.2 Å². The molecule has 1 aromatic carbocycles. The Morgan fingerprint density at radius 2 is 2.14 bits per heavy atom. The summed E-state index contributed by atoms with van der Waals surface area (Å²) in [7, 11) is 0. The number of thioether (sulfide) groups is 1. The molecule has 1 aliphatic carbocycles. The van der Waals surface area contributed by atoms with Crippen molar-refractivity contribution in [2.45, 2.75) is 38.0 Å². The molecule has 28 heavy (non-hydrogen) atoms. The van der Waals surface area contributed by atoms with Crippen molar-refractivity contribution in [1.29, 1.82) is 0 Å². The van der Waals surface area contributed by atoms with Gasteiger partial charge in [0.1, 0.15) is 0 Å². The van der Waals surface area contributed by atoms with Gasteiger partial charge in [-0.1, -0.05) is 30.0 Å². The number of anilines is 2. The lowest BCUT2D eigenvalue weighted by molar-refractivity contribution is -0.116. The Hall–Kier alpha value is -2.32. The largest absolute Gasteiger partial charge is 0.365 e. The molecule has 5 rings (SSSR count). The van der Waals surface area contributed by atoms with E-state index in [4.69, 9.17) is 10.7 Å². The molecule has 8 heteroatoms. The molecule has 6 nitrogen and oxygen atoms in total. The molecule has 2 aromatic rings. The first-order valence-electron chi connectivity index (χ1n) is 9.37. The maximum Gasteiger partial charge on any atom is 0.256 e. The molecule has 0 saturated heterocycles. The van der Waals surface area contributed by atoms with Crippen molar-refractivity contribution in [1.82, 2.24) is 4.98 Å². The molecule has 1 saturated carbocycles. The third-order valence-corrected chi connectivity index (χ3v) is 7.85. The minimum absolute atomic E-state index is 0.0463. The molecule has 1 aromatic heterocycles. The number of carbonyl (C=O) groups excluding carboxylic acids is 2. The van der Waals surface area contributed by atoms with Crippen LogP contribution in [0, 0.1) is 5.92 Å². The van der Waals surface area contributed by atoms with Crippen LogP contribution in [0.2, 0.25) is 0 Å². The number of para-hydroxylation sites is 1. The molecule has 3 N–H and O–H groups in total. The van der Waals surface area contributed by atoms with Crippen molar-refractivity contribution in [3.05, 3.63) is 39.7 Å². The summed E-state index contributed by atoms with van der Waals surface area (Å²) in [6, 6.07) is 6.06. The topological polar surface area (TPSA) is 88.3 Å². The molecule has 1 atom stereocenters. The fraction of sp³-hybridized carbons (Fsp3) is 0.350. The third-order valence-electron chi connectivity index (χ3n) is 5.44. The second-order valence-corrected chi connectivity index (χ2v) is 9.36. The number of benzene rings is 1. The molecule has 0 spiro atoms. The van der Waals surface area contributed by atoms with E-state index < -0.39 is 0 Å². The normalized spacial score (nSPS) is 21.7. The zero-order chi connectivity index (χ0) is 19.4. The molecular weight excluding hydrogens is 392 g/mol. The summed E-state index contributed by atoms with van der Waals surface area (Å²) in [5.74, 6) is 0.241. The Bertz CT molecular complexity index is 1020. The number of nitrogens with zero attached hydrogens (tertiary/aromatic N) is 2. The van der Waals surface area contributed by atoms with Gasteiger partial charge in [-0.15, -0.1) is 11.3 Å². The lowest BCUT2D eigenvalue weighted by Gasteiger charge is -2.24. The number of nitrogens with one attached hydrogen (secondary N) is 1. The fourth-order valence-corrected chi connectivity index (χ4v) is 6.29. The van der Waals surface area contributed by atoms with Crippen LogP contribution in [0.25, 0.3) is 11.3 Å². The van der Waals surface area contributed by atoms with Gasteiger partial charge in [0.2, 0.25) is 5.91 Å². The molecule has 2 amide bonds. The molecule has 144 valence electrons. The highest BCUT2D eigenvalue weighted by molar-refractivity contribution is 8.05. The van der Waals surface area contributed by atoms with E-state index in [0.717, 1.165) is 39.8 Å². The summed E-state index contributed by atoms with van der Waals surface area (Å²) >= 11 is 3.13. The minimum atomic E-state index is -0.368. The number of hydrogen-bond acceptors (Lipinski definition) is 6. The number of primary amides is 1. The second-order valence-electron chi connectivity index (χ2n) is 7.40. The van der Waals surface area contributed by atoms with Gasteiger partial charge < -0.3 is 16.0 Å². The van der Waals surface area contributed by atoms with E-state index in [9.17, 15) is 9.59 Å². The van der Waals surface area contributed by atoms with Crippen molar-refractivity contribution >= 4 is 45.7 Å². The Morgan fingerprint density at radius 1 is 1.32 bits per heavy atom. The molecule has 3 heterocycles. The van der Waals surface area contributed by atoms with E-state index in [-0.39, 0.29) is 17.2 Å². The van der Waals surface area contributed by atoms with Crippen LogP contribution in [0.15, 0.2) is 34.2 Å². The molecule has 0 radical (unpaired) electrons. The predicted octanol–water partition coefficient (Wildman–Crippen LogP) is 3.70. The van der Waals surface area contributed by atoms with Gasteiger partial charge in [0.25, 0.3) is 5.91 Å². The van der Waals surface area contributed by atoms with Crippen LogP contribution in [0.5, 0.6) is 0 Å². The van der Waals surface area contributed by atoms with E-state index in [2.05, 4.69) is 16.3 Å². The van der Waals surface area contributed by atoms with Crippen LogP contribution in [-0.2, 0) is 16.0 Å². The summed E-state index contributed by atoms with van der Waals surface area (Å²) in [4.78, 5) is 31.5. The Kier molecular flexibility index (Phi) is 4.21. The van der Waals surface area contributed by atoms with Crippen molar-refractivity contribution in [3.63, 3.8) is 0 Å². The van der Waals surface area contributed by atoms with Gasteiger partial charge in [-0.2, -0.15) is 0 Å². The first kappa shape index (κ1) is 17.8. The molecule has 0 bridgehead atoms. The number of thiazole rings is 1. The Balaban J connectivity index is 1.53. The first-order chi connectivity index (χ1) is 13.5. The number of rotatable bonds is 4. The average Bonchev–Trinajstić information content (AvgIpc) is 3.30. The smallest absolute Gasteiger partial charge is 0.256 e. The number of aromatic nitrogens is 1. The van der Waals surface area contributed by atoms with E-state index in [1.54, 1.807) is 23.1 Å². The predicted molar refractivity (Wildman–Crippen MR) is 113 cm³/mol. The van der Waals surface area contributed by atoms with Gasteiger partial charge >= 0.3 is 0 Å². The average molecular weight is 413 g/mol. The second kappa shape index (κ2) is 6.63. The molecular formula is C20H20N4O2S2. The number of aryl methyl sites for hydroxylation is 1. The lowest BCUT2D eigenvalue weighted by Crippen LogP contribution is -2.28. The van der Waals surface area contributed by atoms with Gasteiger partial charge in [-0.05, 0) is 37.7 Å². The van der Waals surface area contributed by atoms with E-state index >= 15 is 0 Å². The number of nitrogens with two attached hydrogens (primary N) is 1. The van der Waals surface area contributed by atoms with Crippen molar-refractivity contribution < 1.29 is 9.59 Å². The van der Waals surface area contributed by atoms with Gasteiger partial charge in [-0.25, -0.2) is 4.98 Å². The summed E-state index contributed by atoms with van der Waals surface area (Å²) < 4.78 is 0. The molecule has 3 aliphatic rings. The van der Waals surface area contributed by atoms with Gasteiger partial charge in [0.15, 0.2) is 5.13 Å². The quantitative estimate of drug-likeness (QED) is 0.799. The van der Waals surface area contributed by atoms with Crippen molar-refractivity contribution in [3.8, 4) is 11.3 Å². The molecule has 2 aliphatic heterocycles. The third kappa shape index (κ3) is 2.91. The standard InChI is InChI=1S/C20H20N4O2S2/c1-10-17(18(21)26)28-19(12-5-6-12)24(10)20-22-14(9-27-20)13-4-2-3-11-7-8-15(25)23-16(11)13/h2-4,9,12,19H,5-8H2,1H3,(H2,21,26)(H,23,25). The zero-order valence-electron chi connectivity index (χ0n) is 15.4. The number of amides is 2. The number of allylic oxidation sites excluding steroid dienone is 1. The number of hydrogen-bond donors (Lipinski definition) is 2. The maximum absolute atomic E-state index is 11.9. The van der Waals surface area contributed by atoms with Crippen LogP contribution in [0.1, 0.15) is 31.7 Å². The van der Waals surface area contributed by atoms with Gasteiger partial charge in [0, 0.05) is 23.1 Å². The molecule has 1 fully saturated rings. The highest BCUT2D eigenvalue weighted by Gasteiger charge is 2.44. The van der Waals surface area contributed by atoms with Crippen LogP contribution in [-0.4, -0.2) is 22.2 Å².